The molecule has 1 aromatic heterocycles. The van der Waals surface area contributed by atoms with Crippen LogP contribution < -0.4 is 0 Å². The molecule has 0 aliphatic carbocycles. The van der Waals surface area contributed by atoms with Gasteiger partial charge in [0.1, 0.15) is 0 Å². The average Bonchev–Trinajstić information content (AvgIpc) is 2.56. The Bertz CT molecular complexity index is 797. The van der Waals surface area contributed by atoms with E-state index in [-0.39, 0.29) is 0 Å². The van der Waals surface area contributed by atoms with E-state index in [1.807, 2.05) is 48.7 Å². The van der Waals surface area contributed by atoms with Gasteiger partial charge in [-0.05, 0) is 41.8 Å². The molecule has 0 bridgehead atoms. The van der Waals surface area contributed by atoms with Gasteiger partial charge in [-0.1, -0.05) is 42.5 Å². The molecule has 2 nitrogen and oxygen atoms in total. The quantitative estimate of drug-likeness (QED) is 0.682. The summed E-state index contributed by atoms with van der Waals surface area (Å²) in [5, 5.41) is 8.86. The lowest BCUT2D eigenvalue weighted by molar-refractivity contribution is 1.27. The van der Waals surface area contributed by atoms with Crippen LogP contribution in [0.4, 0.5) is 0 Å². The van der Waals surface area contributed by atoms with Crippen molar-refractivity contribution in [1.29, 1.82) is 5.26 Å². The van der Waals surface area contributed by atoms with Crippen LogP contribution in [0, 0.1) is 18.3 Å². The van der Waals surface area contributed by atoms with E-state index < -0.39 is 0 Å². The second-order valence-corrected chi connectivity index (χ2v) is 4.94. The number of rotatable bonds is 2. The molecule has 3 aromatic rings. The smallest absolute Gasteiger partial charge is 0.0991 e. The summed E-state index contributed by atoms with van der Waals surface area (Å²) < 4.78 is 0. The highest BCUT2D eigenvalue weighted by Crippen LogP contribution is 2.27. The third-order valence-electron chi connectivity index (χ3n) is 3.50. The number of hydrogen-bond donors (Lipinski definition) is 0. The van der Waals surface area contributed by atoms with Crippen LogP contribution >= 0.6 is 0 Å². The lowest BCUT2D eigenvalue weighted by Gasteiger charge is -2.09. The highest BCUT2D eigenvalue weighted by molar-refractivity contribution is 5.73. The molecule has 0 atom stereocenters. The maximum Gasteiger partial charge on any atom is 0.0991 e. The number of nitriles is 1. The number of hydrogen-bond acceptors (Lipinski definition) is 2. The molecule has 0 saturated carbocycles. The summed E-state index contributed by atoms with van der Waals surface area (Å²) in [5.74, 6) is 0. The van der Waals surface area contributed by atoms with Crippen LogP contribution in [0.2, 0.25) is 0 Å². The van der Waals surface area contributed by atoms with E-state index in [1.54, 1.807) is 0 Å². The summed E-state index contributed by atoms with van der Waals surface area (Å²) in [6, 6.07) is 22.0. The molecular formula is C19H14N2. The van der Waals surface area contributed by atoms with Gasteiger partial charge in [-0.25, -0.2) is 0 Å². The molecule has 0 spiro atoms. The van der Waals surface area contributed by atoms with Crippen LogP contribution in [0.5, 0.6) is 0 Å². The highest BCUT2D eigenvalue weighted by atomic mass is 14.7. The van der Waals surface area contributed by atoms with E-state index in [4.69, 9.17) is 5.26 Å². The minimum absolute atomic E-state index is 0.661. The van der Waals surface area contributed by atoms with Gasteiger partial charge in [-0.15, -0.1) is 0 Å². The predicted molar refractivity (Wildman–Crippen MR) is 84.6 cm³/mol. The van der Waals surface area contributed by atoms with Gasteiger partial charge in [0.25, 0.3) is 0 Å². The second kappa shape index (κ2) is 5.60. The highest BCUT2D eigenvalue weighted by Gasteiger charge is 2.06. The number of benzene rings is 2. The van der Waals surface area contributed by atoms with Gasteiger partial charge >= 0.3 is 0 Å². The first-order valence-electron chi connectivity index (χ1n) is 6.80. The summed E-state index contributed by atoms with van der Waals surface area (Å²) in [4.78, 5) is 4.51. The van der Waals surface area contributed by atoms with Crippen LogP contribution in [0.1, 0.15) is 11.1 Å². The van der Waals surface area contributed by atoms with Crippen molar-refractivity contribution in [2.24, 2.45) is 0 Å². The molecule has 2 heteroatoms. The Hall–Kier alpha value is -2.92. The van der Waals surface area contributed by atoms with E-state index in [9.17, 15) is 0 Å². The summed E-state index contributed by atoms with van der Waals surface area (Å²) >= 11 is 0. The molecular weight excluding hydrogens is 256 g/mol. The third-order valence-corrected chi connectivity index (χ3v) is 3.50. The summed E-state index contributed by atoms with van der Waals surface area (Å²) in [5.41, 5.74) is 6.13. The van der Waals surface area contributed by atoms with Crippen molar-refractivity contribution in [3.05, 3.63) is 78.0 Å². The molecule has 3 rings (SSSR count). The lowest BCUT2D eigenvalue weighted by Crippen LogP contribution is -1.89. The van der Waals surface area contributed by atoms with Gasteiger partial charge in [0.15, 0.2) is 0 Å². The molecule has 2 aromatic carbocycles. The van der Waals surface area contributed by atoms with Gasteiger partial charge in [-0.3, -0.25) is 4.98 Å². The molecule has 0 amide bonds. The number of pyridine rings is 1. The maximum atomic E-state index is 8.86. The Balaban J connectivity index is 2.07. The topological polar surface area (TPSA) is 36.7 Å². The molecule has 0 aliphatic rings. The normalized spacial score (nSPS) is 10.1. The van der Waals surface area contributed by atoms with Crippen molar-refractivity contribution in [2.45, 2.75) is 6.92 Å². The first kappa shape index (κ1) is 13.1. The molecule has 0 radical (unpaired) electrons. The van der Waals surface area contributed by atoms with E-state index in [0.717, 1.165) is 16.8 Å². The van der Waals surface area contributed by atoms with Gasteiger partial charge < -0.3 is 0 Å². The Kier molecular flexibility index (Phi) is 3.49. The molecule has 100 valence electrons. The van der Waals surface area contributed by atoms with Gasteiger partial charge in [0.05, 0.1) is 17.3 Å². The van der Waals surface area contributed by atoms with Gasteiger partial charge in [0.2, 0.25) is 0 Å². The van der Waals surface area contributed by atoms with Crippen molar-refractivity contribution >= 4 is 0 Å². The SMILES string of the molecule is Cc1cnc(-c2ccc(C#N)cc2)cc1-c1ccccc1. The molecule has 0 aliphatic heterocycles. The first-order chi connectivity index (χ1) is 10.3. The second-order valence-electron chi connectivity index (χ2n) is 4.94. The van der Waals surface area contributed by atoms with Crippen molar-refractivity contribution < 1.29 is 0 Å². The van der Waals surface area contributed by atoms with E-state index in [1.165, 1.54) is 11.1 Å². The zero-order valence-corrected chi connectivity index (χ0v) is 11.7. The Labute approximate surface area is 124 Å². The van der Waals surface area contributed by atoms with E-state index in [0.29, 0.717) is 5.56 Å². The Morgan fingerprint density at radius 3 is 2.29 bits per heavy atom. The standard InChI is InChI=1S/C19H14N2/c1-14-13-21-19(17-9-7-15(12-20)8-10-17)11-18(14)16-5-3-2-4-6-16/h2-11,13H,1H3. The minimum Gasteiger partial charge on any atom is -0.256 e. The molecule has 0 saturated heterocycles. The van der Waals surface area contributed by atoms with Crippen molar-refractivity contribution in [3.8, 4) is 28.5 Å². The third kappa shape index (κ3) is 2.68. The van der Waals surface area contributed by atoms with Crippen molar-refractivity contribution in [3.63, 3.8) is 0 Å². The molecule has 0 unspecified atom stereocenters. The monoisotopic (exact) mass is 270 g/mol. The van der Waals surface area contributed by atoms with Crippen LogP contribution in [0.3, 0.4) is 0 Å². The predicted octanol–water partition coefficient (Wildman–Crippen LogP) is 4.60. The Morgan fingerprint density at radius 1 is 0.905 bits per heavy atom. The fourth-order valence-electron chi connectivity index (χ4n) is 2.33. The fourth-order valence-corrected chi connectivity index (χ4v) is 2.33. The first-order valence-corrected chi connectivity index (χ1v) is 6.80. The van der Waals surface area contributed by atoms with E-state index in [2.05, 4.69) is 36.2 Å². The minimum atomic E-state index is 0.661. The zero-order chi connectivity index (χ0) is 14.7. The fraction of sp³-hybridized carbons (Fsp3) is 0.0526. The summed E-state index contributed by atoms with van der Waals surface area (Å²) in [7, 11) is 0. The van der Waals surface area contributed by atoms with Crippen LogP contribution in [0.15, 0.2) is 66.9 Å². The lowest BCUT2D eigenvalue weighted by atomic mass is 9.99. The summed E-state index contributed by atoms with van der Waals surface area (Å²) in [6.07, 6.45) is 1.90. The van der Waals surface area contributed by atoms with Crippen molar-refractivity contribution in [2.75, 3.05) is 0 Å². The molecule has 0 N–H and O–H groups in total. The van der Waals surface area contributed by atoms with Crippen molar-refractivity contribution in [1.82, 2.24) is 4.98 Å². The van der Waals surface area contributed by atoms with Crippen LogP contribution in [-0.2, 0) is 0 Å². The van der Waals surface area contributed by atoms with Gasteiger partial charge in [0, 0.05) is 11.8 Å². The molecule has 1 heterocycles. The zero-order valence-electron chi connectivity index (χ0n) is 11.7. The van der Waals surface area contributed by atoms with E-state index >= 15 is 0 Å². The Morgan fingerprint density at radius 2 is 1.62 bits per heavy atom. The largest absolute Gasteiger partial charge is 0.256 e. The number of aromatic nitrogens is 1. The molecule has 21 heavy (non-hydrogen) atoms. The summed E-state index contributed by atoms with van der Waals surface area (Å²) in [6.45, 7) is 2.07. The maximum absolute atomic E-state index is 8.86. The molecule has 0 fully saturated rings. The number of aryl methyl sites for hydroxylation is 1. The van der Waals surface area contributed by atoms with Crippen LogP contribution in [-0.4, -0.2) is 4.98 Å². The van der Waals surface area contributed by atoms with Gasteiger partial charge in [-0.2, -0.15) is 5.26 Å². The average molecular weight is 270 g/mol. The number of nitrogens with zero attached hydrogens (tertiary/aromatic N) is 2. The van der Waals surface area contributed by atoms with Crippen LogP contribution in [0.25, 0.3) is 22.4 Å².